The zero-order chi connectivity index (χ0) is 27.4. The van der Waals surface area contributed by atoms with Gasteiger partial charge < -0.3 is 15.5 Å². The number of halogens is 2. The molecule has 9 heteroatoms. The molecule has 4 rings (SSSR count). The Bertz CT molecular complexity index is 1470. The smallest absolute Gasteiger partial charge is 0.323 e. The molecule has 1 aromatic heterocycles. The van der Waals surface area contributed by atoms with Crippen LogP contribution in [0.3, 0.4) is 0 Å². The average molecular weight is 538 g/mol. The van der Waals surface area contributed by atoms with Crippen molar-refractivity contribution >= 4 is 40.5 Å². The summed E-state index contributed by atoms with van der Waals surface area (Å²) in [6.07, 6.45) is 7.13. The van der Waals surface area contributed by atoms with Crippen LogP contribution in [0.2, 0.25) is 5.02 Å². The summed E-state index contributed by atoms with van der Waals surface area (Å²) in [5.74, 6) is -1.63. The second-order valence-electron chi connectivity index (χ2n) is 9.77. The molecule has 198 valence electrons. The first-order valence-corrected chi connectivity index (χ1v) is 12.8. The molecule has 1 aliphatic heterocycles. The van der Waals surface area contributed by atoms with E-state index in [2.05, 4.69) is 9.98 Å². The summed E-state index contributed by atoms with van der Waals surface area (Å²) in [5.41, 5.74) is 5.20. The summed E-state index contributed by atoms with van der Waals surface area (Å²) in [4.78, 5) is 46.3. The van der Waals surface area contributed by atoms with Crippen molar-refractivity contribution in [2.75, 3.05) is 6.61 Å². The number of ketones is 1. The van der Waals surface area contributed by atoms with E-state index in [0.717, 1.165) is 5.56 Å². The maximum absolute atomic E-state index is 14.9. The van der Waals surface area contributed by atoms with Crippen LogP contribution < -0.4 is 11.2 Å². The van der Waals surface area contributed by atoms with Gasteiger partial charge in [-0.3, -0.25) is 19.4 Å². The molecule has 1 aliphatic rings. The van der Waals surface area contributed by atoms with E-state index in [4.69, 9.17) is 22.1 Å². The number of rotatable bonds is 10. The van der Waals surface area contributed by atoms with Gasteiger partial charge in [0, 0.05) is 29.2 Å². The summed E-state index contributed by atoms with van der Waals surface area (Å²) in [5, 5.41) is 0.637. The quantitative estimate of drug-likeness (QED) is 0.223. The molecule has 0 aliphatic carbocycles. The van der Waals surface area contributed by atoms with Gasteiger partial charge in [0.25, 0.3) is 0 Å². The largest absolute Gasteiger partial charge is 0.465 e. The van der Waals surface area contributed by atoms with Crippen LogP contribution >= 0.6 is 11.6 Å². The van der Waals surface area contributed by atoms with Gasteiger partial charge in [-0.15, -0.1) is 0 Å². The maximum Gasteiger partial charge on any atom is 0.323 e. The normalized spacial score (nSPS) is 17.3. The van der Waals surface area contributed by atoms with E-state index in [1.54, 1.807) is 42.5 Å². The molecule has 0 saturated heterocycles. The fourth-order valence-electron chi connectivity index (χ4n) is 4.36. The second kappa shape index (κ2) is 11.4. The number of nitrogens with one attached hydrogen (secondary N) is 1. The number of fused-ring (bicyclic) bond motifs is 1. The van der Waals surface area contributed by atoms with Gasteiger partial charge in [0.05, 0.1) is 17.7 Å². The van der Waals surface area contributed by atoms with E-state index in [0.29, 0.717) is 23.4 Å². The summed E-state index contributed by atoms with van der Waals surface area (Å²) in [6.45, 7) is 3.77. The van der Waals surface area contributed by atoms with E-state index < -0.39 is 34.6 Å². The third-order valence-corrected chi connectivity index (χ3v) is 6.88. The van der Waals surface area contributed by atoms with Gasteiger partial charge in [-0.05, 0) is 66.3 Å². The lowest BCUT2D eigenvalue weighted by molar-refractivity contribution is -0.146. The lowest BCUT2D eigenvalue weighted by Crippen LogP contribution is -2.38. The zero-order valence-corrected chi connectivity index (χ0v) is 21.9. The molecular formula is C29H29ClFN3O4. The molecule has 2 heterocycles. The number of aryl methyl sites for hydroxylation is 1. The van der Waals surface area contributed by atoms with E-state index in [9.17, 15) is 18.8 Å². The highest BCUT2D eigenvalue weighted by molar-refractivity contribution is 6.30. The standard InChI is InChI=1S/C29H29ClFN3O4/c1-17(2)24(32)28(37)38-12-3-5-19-13-21-25(23(31)14-19)33-16-22(26(21)35)27(36)29(10-4-11-34-29)15-18-6-8-20(30)9-7-18/h4,6-11,13-14,16-17,24H,3,5,12,15,32H2,1-2H3,(H,33,35). The molecule has 2 aromatic carbocycles. The maximum atomic E-state index is 14.9. The number of carbonyl (C=O) groups excluding carboxylic acids is 2. The summed E-state index contributed by atoms with van der Waals surface area (Å²) >= 11 is 5.99. The number of nitrogens with two attached hydrogens (primary N) is 1. The lowest BCUT2D eigenvalue weighted by Gasteiger charge is -2.23. The summed E-state index contributed by atoms with van der Waals surface area (Å²) in [7, 11) is 0. The number of Topliss-reactive ketones (excluding diaryl/α,β-unsaturated/α-hetero) is 1. The zero-order valence-electron chi connectivity index (χ0n) is 21.2. The molecule has 2 atom stereocenters. The van der Waals surface area contributed by atoms with Crippen molar-refractivity contribution in [2.45, 2.75) is 44.7 Å². The minimum absolute atomic E-state index is 0.0156. The van der Waals surface area contributed by atoms with Gasteiger partial charge in [0.2, 0.25) is 0 Å². The van der Waals surface area contributed by atoms with Crippen molar-refractivity contribution in [1.82, 2.24) is 4.98 Å². The number of esters is 1. The van der Waals surface area contributed by atoms with Gasteiger partial charge in [-0.25, -0.2) is 4.39 Å². The number of hydrogen-bond acceptors (Lipinski definition) is 6. The van der Waals surface area contributed by atoms with Crippen molar-refractivity contribution < 1.29 is 18.7 Å². The highest BCUT2D eigenvalue weighted by Gasteiger charge is 2.39. The predicted molar refractivity (Wildman–Crippen MR) is 146 cm³/mol. The molecule has 7 nitrogen and oxygen atoms in total. The number of H-pyrrole nitrogens is 1. The molecule has 38 heavy (non-hydrogen) atoms. The summed E-state index contributed by atoms with van der Waals surface area (Å²) in [6, 6.07) is 9.25. The molecule has 3 N–H and O–H groups in total. The molecule has 2 unspecified atom stereocenters. The van der Waals surface area contributed by atoms with Crippen molar-refractivity contribution in [2.24, 2.45) is 16.6 Å². The highest BCUT2D eigenvalue weighted by Crippen LogP contribution is 2.28. The first kappa shape index (κ1) is 27.4. The van der Waals surface area contributed by atoms with Crippen molar-refractivity contribution in [1.29, 1.82) is 0 Å². The van der Waals surface area contributed by atoms with Crippen molar-refractivity contribution in [3.63, 3.8) is 0 Å². The SMILES string of the molecule is CC(C)C(N)C(=O)OCCCc1cc(F)c2[nH]cc(C(=O)C3(Cc4ccc(Cl)cc4)C=CC=N3)c(=O)c2c1. The molecule has 3 aromatic rings. The number of aromatic amines is 1. The fraction of sp³-hybridized carbons (Fsp3) is 0.310. The van der Waals surface area contributed by atoms with Crippen LogP contribution in [0.4, 0.5) is 4.39 Å². The molecular weight excluding hydrogens is 509 g/mol. The fourth-order valence-corrected chi connectivity index (χ4v) is 4.49. The number of carbonyl (C=O) groups is 2. The Morgan fingerprint density at radius 1 is 1.18 bits per heavy atom. The third kappa shape index (κ3) is 5.76. The number of pyridine rings is 1. The van der Waals surface area contributed by atoms with Crippen LogP contribution in [0.5, 0.6) is 0 Å². The molecule has 0 spiro atoms. The number of ether oxygens (including phenoxy) is 1. The van der Waals surface area contributed by atoms with E-state index in [1.807, 2.05) is 13.8 Å². The Morgan fingerprint density at radius 3 is 2.58 bits per heavy atom. The predicted octanol–water partition coefficient (Wildman–Crippen LogP) is 4.58. The van der Waals surface area contributed by atoms with Gasteiger partial charge in [-0.2, -0.15) is 0 Å². The number of aliphatic imine (C=N–C) groups is 1. The number of aromatic nitrogens is 1. The van der Waals surface area contributed by atoms with Crippen molar-refractivity contribution in [3.05, 3.63) is 92.5 Å². The molecule has 0 bridgehead atoms. The number of allylic oxidation sites excluding steroid dienone is 1. The Hall–Kier alpha value is -3.62. The van der Waals surface area contributed by atoms with E-state index >= 15 is 0 Å². The van der Waals surface area contributed by atoms with Crippen LogP contribution in [-0.2, 0) is 22.4 Å². The van der Waals surface area contributed by atoms with Crippen molar-refractivity contribution in [3.8, 4) is 0 Å². The Kier molecular flexibility index (Phi) is 8.23. The topological polar surface area (TPSA) is 115 Å². The lowest BCUT2D eigenvalue weighted by atomic mass is 9.84. The van der Waals surface area contributed by atoms with Gasteiger partial charge in [-0.1, -0.05) is 37.6 Å². The van der Waals surface area contributed by atoms with Gasteiger partial charge in [0.1, 0.15) is 17.4 Å². The Morgan fingerprint density at radius 2 is 1.92 bits per heavy atom. The second-order valence-corrected chi connectivity index (χ2v) is 10.2. The molecule has 0 radical (unpaired) electrons. The Balaban J connectivity index is 1.57. The van der Waals surface area contributed by atoms with Crippen LogP contribution in [-0.4, -0.2) is 41.1 Å². The molecule has 0 amide bonds. The monoisotopic (exact) mass is 537 g/mol. The van der Waals surface area contributed by atoms with Crippen LogP contribution in [0.1, 0.15) is 41.8 Å². The van der Waals surface area contributed by atoms with Gasteiger partial charge >= 0.3 is 5.97 Å². The average Bonchev–Trinajstić information content (AvgIpc) is 3.37. The highest BCUT2D eigenvalue weighted by atomic mass is 35.5. The van der Waals surface area contributed by atoms with Crippen LogP contribution in [0.15, 0.2) is 64.5 Å². The van der Waals surface area contributed by atoms with E-state index in [-0.39, 0.29) is 35.4 Å². The van der Waals surface area contributed by atoms with Crippen LogP contribution in [0, 0.1) is 11.7 Å². The third-order valence-electron chi connectivity index (χ3n) is 6.63. The number of benzene rings is 2. The van der Waals surface area contributed by atoms with Gasteiger partial charge in [0.15, 0.2) is 11.2 Å². The van der Waals surface area contributed by atoms with Crippen LogP contribution in [0.25, 0.3) is 10.9 Å². The minimum atomic E-state index is -1.29. The van der Waals surface area contributed by atoms with E-state index in [1.165, 1.54) is 18.5 Å². The number of nitrogens with zero attached hydrogens (tertiary/aromatic N) is 1. The minimum Gasteiger partial charge on any atom is -0.465 e. The summed E-state index contributed by atoms with van der Waals surface area (Å²) < 4.78 is 20.1. The first-order valence-electron chi connectivity index (χ1n) is 12.4. The first-order chi connectivity index (χ1) is 18.1. The Labute approximate surface area is 224 Å². The molecule has 0 fully saturated rings. The molecule has 0 saturated carbocycles. The number of hydrogen-bond donors (Lipinski definition) is 2.